The largest absolute Gasteiger partial charge is 0.469 e. The van der Waals surface area contributed by atoms with Crippen LogP contribution in [0.1, 0.15) is 42.5 Å². The molecule has 1 saturated heterocycles. The summed E-state index contributed by atoms with van der Waals surface area (Å²) in [6, 6.07) is 7.63. The molecule has 0 radical (unpaired) electrons. The highest BCUT2D eigenvalue weighted by Crippen LogP contribution is 2.27. The molecule has 136 valence electrons. The number of piperidine rings is 1. The zero-order chi connectivity index (χ0) is 18.2. The number of benzene rings is 1. The quantitative estimate of drug-likeness (QED) is 0.423. The number of ketones is 1. The lowest BCUT2D eigenvalue weighted by Crippen LogP contribution is -2.42. The summed E-state index contributed by atoms with van der Waals surface area (Å²) in [6.07, 6.45) is 4.66. The van der Waals surface area contributed by atoms with Gasteiger partial charge in [0.1, 0.15) is 0 Å². The number of esters is 1. The molecule has 1 heterocycles. The third kappa shape index (κ3) is 5.33. The van der Waals surface area contributed by atoms with Crippen LogP contribution in [0.4, 0.5) is 0 Å². The van der Waals surface area contributed by atoms with E-state index in [9.17, 15) is 14.4 Å². The lowest BCUT2D eigenvalue weighted by Gasteiger charge is -2.32. The van der Waals surface area contributed by atoms with Crippen LogP contribution in [0.25, 0.3) is 0 Å². The van der Waals surface area contributed by atoms with Gasteiger partial charge in [-0.15, -0.1) is 11.8 Å². The number of rotatable bonds is 7. The molecule has 1 aromatic carbocycles. The molecule has 0 spiro atoms. The normalized spacial score (nSPS) is 17.2. The van der Waals surface area contributed by atoms with Crippen LogP contribution in [-0.2, 0) is 14.3 Å². The van der Waals surface area contributed by atoms with E-state index in [4.69, 9.17) is 0 Å². The van der Waals surface area contributed by atoms with Crippen LogP contribution in [-0.4, -0.2) is 49.0 Å². The molecule has 1 aliphatic rings. The Morgan fingerprint density at radius 2 is 2.00 bits per heavy atom. The molecule has 0 aromatic heterocycles. The van der Waals surface area contributed by atoms with Gasteiger partial charge in [0.2, 0.25) is 5.91 Å². The maximum Gasteiger partial charge on any atom is 0.305 e. The zero-order valence-corrected chi connectivity index (χ0v) is 15.6. The molecular formula is C19H25NO4S. The minimum Gasteiger partial charge on any atom is -0.469 e. The molecule has 0 N–H and O–H groups in total. The first-order chi connectivity index (χ1) is 12.1. The molecule has 5 nitrogen and oxygen atoms in total. The Morgan fingerprint density at radius 3 is 2.72 bits per heavy atom. The summed E-state index contributed by atoms with van der Waals surface area (Å²) in [7, 11) is 1.34. The number of methoxy groups -OCH3 is 1. The molecule has 6 heteroatoms. The molecule has 1 aliphatic heterocycles. The lowest BCUT2D eigenvalue weighted by molar-refractivity contribution is -0.141. The number of carbonyl (C=O) groups is 3. The number of Topliss-reactive ketones (excluding diaryl/α,β-unsaturated/α-hetero) is 1. The Labute approximate surface area is 153 Å². The minimum atomic E-state index is -0.298. The summed E-state index contributed by atoms with van der Waals surface area (Å²) in [6.45, 7) is 1.16. The van der Waals surface area contributed by atoms with Gasteiger partial charge in [0.05, 0.1) is 7.11 Å². The van der Waals surface area contributed by atoms with Crippen molar-refractivity contribution in [3.63, 3.8) is 0 Å². The average molecular weight is 363 g/mol. The smallest absolute Gasteiger partial charge is 0.305 e. The lowest BCUT2D eigenvalue weighted by atomic mass is 9.89. The van der Waals surface area contributed by atoms with Crippen molar-refractivity contribution in [1.29, 1.82) is 0 Å². The zero-order valence-electron chi connectivity index (χ0n) is 14.8. The van der Waals surface area contributed by atoms with E-state index < -0.39 is 0 Å². The first kappa shape index (κ1) is 19.5. The van der Waals surface area contributed by atoms with Crippen LogP contribution >= 0.6 is 11.8 Å². The average Bonchev–Trinajstić information content (AvgIpc) is 2.67. The van der Waals surface area contributed by atoms with Crippen molar-refractivity contribution in [3.05, 3.63) is 29.8 Å². The Balaban J connectivity index is 1.94. The van der Waals surface area contributed by atoms with Crippen molar-refractivity contribution < 1.29 is 19.1 Å². The van der Waals surface area contributed by atoms with E-state index in [0.717, 1.165) is 23.3 Å². The molecule has 0 bridgehead atoms. The van der Waals surface area contributed by atoms with Gasteiger partial charge in [-0.1, -0.05) is 18.2 Å². The number of carbonyl (C=O) groups excluding carboxylic acids is 3. The molecular weight excluding hydrogens is 338 g/mol. The Bertz CT molecular complexity index is 632. The maximum absolute atomic E-state index is 12.9. The van der Waals surface area contributed by atoms with E-state index in [1.165, 1.54) is 7.11 Å². The van der Waals surface area contributed by atoms with Crippen molar-refractivity contribution in [2.24, 2.45) is 5.92 Å². The highest BCUT2D eigenvalue weighted by Gasteiger charge is 2.29. The van der Waals surface area contributed by atoms with Crippen molar-refractivity contribution in [2.45, 2.75) is 37.0 Å². The molecule has 25 heavy (non-hydrogen) atoms. The third-order valence-corrected chi connectivity index (χ3v) is 5.31. The predicted octanol–water partition coefficient (Wildman–Crippen LogP) is 3.17. The number of hydrogen-bond donors (Lipinski definition) is 0. The molecule has 2 rings (SSSR count). The minimum absolute atomic E-state index is 0.0135. The Kier molecular flexibility index (Phi) is 7.50. The summed E-state index contributed by atoms with van der Waals surface area (Å²) < 4.78 is 4.59. The van der Waals surface area contributed by atoms with E-state index in [1.54, 1.807) is 16.7 Å². The molecule has 1 fully saturated rings. The summed E-state index contributed by atoms with van der Waals surface area (Å²) >= 11 is 1.57. The summed E-state index contributed by atoms with van der Waals surface area (Å²) in [5.74, 6) is -0.309. The first-order valence-corrected chi connectivity index (χ1v) is 9.81. The summed E-state index contributed by atoms with van der Waals surface area (Å²) in [4.78, 5) is 39.1. The fourth-order valence-electron chi connectivity index (χ4n) is 3.13. The van der Waals surface area contributed by atoms with Gasteiger partial charge in [0, 0.05) is 42.3 Å². The van der Waals surface area contributed by atoms with Gasteiger partial charge in [0.15, 0.2) is 5.78 Å². The van der Waals surface area contributed by atoms with Crippen molar-refractivity contribution in [2.75, 3.05) is 26.5 Å². The van der Waals surface area contributed by atoms with Crippen molar-refractivity contribution in [1.82, 2.24) is 4.90 Å². The van der Waals surface area contributed by atoms with Crippen molar-refractivity contribution in [3.8, 4) is 0 Å². The number of thioether (sulfide) groups is 1. The van der Waals surface area contributed by atoms with Crippen LogP contribution < -0.4 is 0 Å². The fraction of sp³-hybridized carbons (Fsp3) is 0.526. The van der Waals surface area contributed by atoms with Crippen LogP contribution in [0.5, 0.6) is 0 Å². The van der Waals surface area contributed by atoms with Gasteiger partial charge in [-0.25, -0.2) is 0 Å². The molecule has 0 saturated carbocycles. The summed E-state index contributed by atoms with van der Waals surface area (Å²) in [5, 5.41) is 0. The molecule has 0 aliphatic carbocycles. The van der Waals surface area contributed by atoms with Gasteiger partial charge in [0.25, 0.3) is 0 Å². The SMILES string of the molecule is COC(=O)CCCC(=O)N1CCC[C@@H](C(=O)c2ccccc2SC)C1. The topological polar surface area (TPSA) is 63.7 Å². The van der Waals surface area contributed by atoms with Crippen LogP contribution in [0.15, 0.2) is 29.2 Å². The highest BCUT2D eigenvalue weighted by atomic mass is 32.2. The van der Waals surface area contributed by atoms with Crippen LogP contribution in [0.3, 0.4) is 0 Å². The number of amides is 1. The van der Waals surface area contributed by atoms with E-state index in [0.29, 0.717) is 25.9 Å². The van der Waals surface area contributed by atoms with Crippen molar-refractivity contribution >= 4 is 29.4 Å². The second-order valence-electron chi connectivity index (χ2n) is 6.17. The predicted molar refractivity (Wildman–Crippen MR) is 97.7 cm³/mol. The second kappa shape index (κ2) is 9.61. The van der Waals surface area contributed by atoms with Gasteiger partial charge >= 0.3 is 5.97 Å². The first-order valence-electron chi connectivity index (χ1n) is 8.58. The fourth-order valence-corrected chi connectivity index (χ4v) is 3.73. The second-order valence-corrected chi connectivity index (χ2v) is 7.02. The number of hydrogen-bond acceptors (Lipinski definition) is 5. The molecule has 1 amide bonds. The van der Waals surface area contributed by atoms with E-state index in [2.05, 4.69) is 4.74 Å². The van der Waals surface area contributed by atoms with Gasteiger partial charge in [-0.05, 0) is 31.6 Å². The standard InChI is InChI=1S/C19H25NO4S/c1-24-18(22)11-5-10-17(21)20-12-6-7-14(13-20)19(23)15-8-3-4-9-16(15)25-2/h3-4,8-9,14H,5-7,10-13H2,1-2H3/t14-/m1/s1. The molecule has 0 unspecified atom stereocenters. The summed E-state index contributed by atoms with van der Waals surface area (Å²) in [5.41, 5.74) is 0.750. The van der Waals surface area contributed by atoms with Crippen LogP contribution in [0, 0.1) is 5.92 Å². The van der Waals surface area contributed by atoms with Gasteiger partial charge in [-0.3, -0.25) is 14.4 Å². The molecule has 1 atom stereocenters. The number of ether oxygens (including phenoxy) is 1. The van der Waals surface area contributed by atoms with Gasteiger partial charge < -0.3 is 9.64 Å². The monoisotopic (exact) mass is 363 g/mol. The van der Waals surface area contributed by atoms with E-state index in [-0.39, 0.29) is 30.0 Å². The van der Waals surface area contributed by atoms with Crippen LogP contribution in [0.2, 0.25) is 0 Å². The number of likely N-dealkylation sites (tertiary alicyclic amines) is 1. The molecule has 1 aromatic rings. The Morgan fingerprint density at radius 1 is 1.24 bits per heavy atom. The van der Waals surface area contributed by atoms with E-state index in [1.807, 2.05) is 30.5 Å². The highest BCUT2D eigenvalue weighted by molar-refractivity contribution is 7.98. The Hall–Kier alpha value is -1.82. The number of nitrogens with zero attached hydrogens (tertiary/aromatic N) is 1. The van der Waals surface area contributed by atoms with E-state index >= 15 is 0 Å². The maximum atomic E-state index is 12.9. The van der Waals surface area contributed by atoms with Gasteiger partial charge in [-0.2, -0.15) is 0 Å². The third-order valence-electron chi connectivity index (χ3n) is 4.52.